The van der Waals surface area contributed by atoms with E-state index in [4.69, 9.17) is 0 Å². The number of unbranched alkanes of at least 4 members (excludes halogenated alkanes) is 1. The van der Waals surface area contributed by atoms with Crippen LogP contribution in [-0.2, 0) is 10.0 Å². The van der Waals surface area contributed by atoms with Crippen molar-refractivity contribution < 1.29 is 22.7 Å². The highest BCUT2D eigenvalue weighted by atomic mass is 32.2. The normalized spacial score (nSPS) is 11.2. The van der Waals surface area contributed by atoms with Gasteiger partial charge in [0.15, 0.2) is 0 Å². The quantitative estimate of drug-likeness (QED) is 0.828. The summed E-state index contributed by atoms with van der Waals surface area (Å²) in [5, 5.41) is 9.34. The number of benzene rings is 2. The number of anilines is 1. The van der Waals surface area contributed by atoms with Gasteiger partial charge in [-0.05, 0) is 42.8 Å². The lowest BCUT2D eigenvalue weighted by atomic mass is 10.1. The average Bonchev–Trinajstić information content (AvgIpc) is 2.55. The maximum atomic E-state index is 13.1. The van der Waals surface area contributed by atoms with Crippen molar-refractivity contribution in [2.45, 2.75) is 24.7 Å². The fourth-order valence-electron chi connectivity index (χ4n) is 2.28. The predicted octanol–water partition coefficient (Wildman–Crippen LogP) is 3.52. The van der Waals surface area contributed by atoms with Crippen molar-refractivity contribution >= 4 is 21.7 Å². The Bertz CT molecular complexity index is 819. The molecule has 0 unspecified atom stereocenters. The number of halogens is 1. The standard InChI is InChI=1S/C17H18FNO4S/c1-2-3-12-19(16-7-5-4-6-15(16)17(20)21)24(22,23)14-10-8-13(18)9-11-14/h4-11H,2-3,12H2,1H3,(H,20,21). The maximum absolute atomic E-state index is 13.1. The molecule has 7 heteroatoms. The van der Waals surface area contributed by atoms with E-state index < -0.39 is 21.8 Å². The molecule has 0 aliphatic heterocycles. The van der Waals surface area contributed by atoms with Gasteiger partial charge in [-0.25, -0.2) is 17.6 Å². The van der Waals surface area contributed by atoms with Crippen LogP contribution in [0.15, 0.2) is 53.4 Å². The van der Waals surface area contributed by atoms with Gasteiger partial charge in [-0.1, -0.05) is 25.5 Å². The topological polar surface area (TPSA) is 74.7 Å². The third-order valence-electron chi connectivity index (χ3n) is 3.52. The van der Waals surface area contributed by atoms with Gasteiger partial charge in [0, 0.05) is 6.54 Å². The molecule has 0 amide bonds. The van der Waals surface area contributed by atoms with Gasteiger partial charge >= 0.3 is 5.97 Å². The van der Waals surface area contributed by atoms with Gasteiger partial charge in [0.05, 0.1) is 16.1 Å². The van der Waals surface area contributed by atoms with Crippen LogP contribution in [0.4, 0.5) is 10.1 Å². The summed E-state index contributed by atoms with van der Waals surface area (Å²) in [6.45, 7) is 2.05. The highest BCUT2D eigenvalue weighted by Crippen LogP contribution is 2.28. The molecule has 0 heterocycles. The van der Waals surface area contributed by atoms with E-state index in [1.54, 1.807) is 6.07 Å². The Labute approximate surface area is 140 Å². The summed E-state index contributed by atoms with van der Waals surface area (Å²) < 4.78 is 40.0. The average molecular weight is 351 g/mol. The molecular formula is C17H18FNO4S. The molecule has 0 aromatic heterocycles. The molecule has 0 fully saturated rings. The molecule has 2 rings (SSSR count). The smallest absolute Gasteiger partial charge is 0.337 e. The third kappa shape index (κ3) is 3.73. The molecule has 0 aliphatic carbocycles. The number of aromatic carboxylic acids is 1. The van der Waals surface area contributed by atoms with Gasteiger partial charge in [-0.15, -0.1) is 0 Å². The van der Waals surface area contributed by atoms with Gasteiger partial charge in [-0.3, -0.25) is 4.31 Å². The first-order chi connectivity index (χ1) is 11.4. The Morgan fingerprint density at radius 2 is 1.75 bits per heavy atom. The van der Waals surface area contributed by atoms with E-state index in [1.165, 1.54) is 30.3 Å². The van der Waals surface area contributed by atoms with Gasteiger partial charge in [-0.2, -0.15) is 0 Å². The SMILES string of the molecule is CCCCN(c1ccccc1C(=O)O)S(=O)(=O)c1ccc(F)cc1. The minimum atomic E-state index is -4.00. The van der Waals surface area contributed by atoms with Crippen molar-refractivity contribution in [3.63, 3.8) is 0 Å². The minimum absolute atomic E-state index is 0.0832. The lowest BCUT2D eigenvalue weighted by molar-refractivity contribution is 0.0697. The zero-order valence-corrected chi connectivity index (χ0v) is 14.0. The highest BCUT2D eigenvalue weighted by molar-refractivity contribution is 7.92. The van der Waals surface area contributed by atoms with E-state index in [0.29, 0.717) is 6.42 Å². The molecule has 0 radical (unpaired) electrons. The second-order valence-electron chi connectivity index (χ2n) is 5.21. The molecule has 0 saturated carbocycles. The van der Waals surface area contributed by atoms with Crippen LogP contribution in [-0.4, -0.2) is 26.0 Å². The van der Waals surface area contributed by atoms with Crippen LogP contribution in [0.1, 0.15) is 30.1 Å². The number of hydrogen-bond donors (Lipinski definition) is 1. The fourth-order valence-corrected chi connectivity index (χ4v) is 3.80. The lowest BCUT2D eigenvalue weighted by Crippen LogP contribution is -2.33. The number of carbonyl (C=O) groups is 1. The van der Waals surface area contributed by atoms with Crippen LogP contribution >= 0.6 is 0 Å². The Morgan fingerprint density at radius 3 is 2.33 bits per heavy atom. The van der Waals surface area contributed by atoms with Gasteiger partial charge in [0.2, 0.25) is 0 Å². The minimum Gasteiger partial charge on any atom is -0.478 e. The highest BCUT2D eigenvalue weighted by Gasteiger charge is 2.27. The second-order valence-corrected chi connectivity index (χ2v) is 7.07. The number of carboxylic acid groups (broad SMARTS) is 1. The Morgan fingerprint density at radius 1 is 1.12 bits per heavy atom. The first-order valence-electron chi connectivity index (χ1n) is 7.48. The van der Waals surface area contributed by atoms with E-state index in [9.17, 15) is 22.7 Å². The van der Waals surface area contributed by atoms with Crippen molar-refractivity contribution in [3.8, 4) is 0 Å². The van der Waals surface area contributed by atoms with Gasteiger partial charge in [0.25, 0.3) is 10.0 Å². The molecule has 1 N–H and O–H groups in total. The zero-order chi connectivity index (χ0) is 17.7. The zero-order valence-electron chi connectivity index (χ0n) is 13.1. The summed E-state index contributed by atoms with van der Waals surface area (Å²) in [6, 6.07) is 10.4. The van der Waals surface area contributed by atoms with E-state index >= 15 is 0 Å². The van der Waals surface area contributed by atoms with E-state index in [2.05, 4.69) is 0 Å². The summed E-state index contributed by atoms with van der Waals surface area (Å²) >= 11 is 0. The first-order valence-corrected chi connectivity index (χ1v) is 8.92. The molecule has 24 heavy (non-hydrogen) atoms. The lowest BCUT2D eigenvalue weighted by Gasteiger charge is -2.25. The molecule has 0 spiro atoms. The van der Waals surface area contributed by atoms with Crippen molar-refractivity contribution in [2.24, 2.45) is 0 Å². The van der Waals surface area contributed by atoms with Crippen molar-refractivity contribution in [1.29, 1.82) is 0 Å². The van der Waals surface area contributed by atoms with E-state index in [0.717, 1.165) is 22.9 Å². The van der Waals surface area contributed by atoms with Crippen molar-refractivity contribution in [3.05, 3.63) is 59.9 Å². The molecule has 0 aliphatic rings. The molecule has 128 valence electrons. The van der Waals surface area contributed by atoms with Crippen LogP contribution in [0.25, 0.3) is 0 Å². The molecule has 2 aromatic carbocycles. The number of rotatable bonds is 7. The number of carboxylic acids is 1. The number of sulfonamides is 1. The van der Waals surface area contributed by atoms with E-state index in [1.807, 2.05) is 6.92 Å². The molecule has 2 aromatic rings. The first kappa shape index (κ1) is 17.9. The van der Waals surface area contributed by atoms with Crippen LogP contribution in [0.2, 0.25) is 0 Å². The summed E-state index contributed by atoms with van der Waals surface area (Å²) in [6.07, 6.45) is 1.30. The largest absolute Gasteiger partial charge is 0.478 e. The van der Waals surface area contributed by atoms with Crippen molar-refractivity contribution in [2.75, 3.05) is 10.8 Å². The number of hydrogen-bond acceptors (Lipinski definition) is 3. The summed E-state index contributed by atoms with van der Waals surface area (Å²) in [4.78, 5) is 11.4. The molecule has 0 bridgehead atoms. The summed E-state index contributed by atoms with van der Waals surface area (Å²) in [7, 11) is -4.00. The second kappa shape index (κ2) is 7.44. The monoisotopic (exact) mass is 351 g/mol. The molecule has 0 saturated heterocycles. The fraction of sp³-hybridized carbons (Fsp3) is 0.235. The Balaban J connectivity index is 2.57. The van der Waals surface area contributed by atoms with E-state index in [-0.39, 0.29) is 22.7 Å². The number of para-hydroxylation sites is 1. The number of nitrogens with zero attached hydrogens (tertiary/aromatic N) is 1. The van der Waals surface area contributed by atoms with Crippen LogP contribution in [0.5, 0.6) is 0 Å². The molecule has 5 nitrogen and oxygen atoms in total. The summed E-state index contributed by atoms with van der Waals surface area (Å²) in [5.74, 6) is -1.75. The van der Waals surface area contributed by atoms with Crippen LogP contribution in [0, 0.1) is 5.82 Å². The van der Waals surface area contributed by atoms with Gasteiger partial charge in [0.1, 0.15) is 5.82 Å². The van der Waals surface area contributed by atoms with Crippen LogP contribution in [0.3, 0.4) is 0 Å². The van der Waals surface area contributed by atoms with Gasteiger partial charge < -0.3 is 5.11 Å². The molecular weight excluding hydrogens is 333 g/mol. The van der Waals surface area contributed by atoms with Crippen molar-refractivity contribution in [1.82, 2.24) is 0 Å². The Hall–Kier alpha value is -2.41. The van der Waals surface area contributed by atoms with Crippen LogP contribution < -0.4 is 4.31 Å². The predicted molar refractivity (Wildman–Crippen MR) is 89.2 cm³/mol. The molecule has 0 atom stereocenters. The summed E-state index contributed by atoms with van der Waals surface area (Å²) in [5.41, 5.74) is 0.00191. The Kier molecular flexibility index (Phi) is 5.56. The maximum Gasteiger partial charge on any atom is 0.337 e. The third-order valence-corrected chi connectivity index (χ3v) is 5.35.